The van der Waals surface area contributed by atoms with E-state index in [4.69, 9.17) is 5.84 Å². The van der Waals surface area contributed by atoms with Crippen molar-refractivity contribution in [2.45, 2.75) is 13.0 Å². The minimum absolute atomic E-state index is 0.192. The van der Waals surface area contributed by atoms with Crippen molar-refractivity contribution in [1.29, 1.82) is 0 Å². The van der Waals surface area contributed by atoms with Gasteiger partial charge < -0.3 is 4.57 Å². The summed E-state index contributed by atoms with van der Waals surface area (Å²) >= 11 is 0. The molecule has 1 heterocycles. The molecular formula is C12H14N4O. The molecule has 0 fully saturated rings. The summed E-state index contributed by atoms with van der Waals surface area (Å²) < 4.78 is 1.96. The van der Waals surface area contributed by atoms with Gasteiger partial charge in [0.15, 0.2) is 0 Å². The van der Waals surface area contributed by atoms with Crippen molar-refractivity contribution in [3.63, 3.8) is 0 Å². The van der Waals surface area contributed by atoms with Gasteiger partial charge in [-0.15, -0.1) is 0 Å². The average molecular weight is 230 g/mol. The Bertz CT molecular complexity index is 493. The Morgan fingerprint density at radius 2 is 2.12 bits per heavy atom. The van der Waals surface area contributed by atoms with E-state index in [1.807, 2.05) is 35.0 Å². The molecule has 0 bridgehead atoms. The number of nitrogens with two attached hydrogens (primary N) is 1. The second kappa shape index (κ2) is 5.27. The molecule has 88 valence electrons. The molecule has 0 atom stereocenters. The number of hydrazine groups is 1. The van der Waals surface area contributed by atoms with Crippen LogP contribution in [-0.2, 0) is 17.8 Å². The van der Waals surface area contributed by atoms with Gasteiger partial charge in [0, 0.05) is 18.9 Å². The first-order valence-corrected chi connectivity index (χ1v) is 5.31. The van der Waals surface area contributed by atoms with E-state index in [9.17, 15) is 4.79 Å². The monoisotopic (exact) mass is 230 g/mol. The fourth-order valence-electron chi connectivity index (χ4n) is 1.69. The summed E-state index contributed by atoms with van der Waals surface area (Å²) in [5.41, 5.74) is 4.21. The van der Waals surface area contributed by atoms with Gasteiger partial charge in [0.1, 0.15) is 0 Å². The number of rotatable bonds is 4. The van der Waals surface area contributed by atoms with Gasteiger partial charge in [-0.1, -0.05) is 24.3 Å². The summed E-state index contributed by atoms with van der Waals surface area (Å²) in [4.78, 5) is 15.3. The standard InChI is InChI=1S/C12H14N4O/c13-15-12(17)7-10-3-1-2-4-11(10)8-16-6-5-14-9-16/h1-6,9H,7-8,13H2,(H,15,17). The highest BCUT2D eigenvalue weighted by atomic mass is 16.2. The van der Waals surface area contributed by atoms with Crippen LogP contribution in [0.15, 0.2) is 43.0 Å². The molecule has 0 aliphatic carbocycles. The van der Waals surface area contributed by atoms with Crippen LogP contribution >= 0.6 is 0 Å². The van der Waals surface area contributed by atoms with Gasteiger partial charge in [-0.25, -0.2) is 10.8 Å². The van der Waals surface area contributed by atoms with Gasteiger partial charge in [0.2, 0.25) is 5.91 Å². The van der Waals surface area contributed by atoms with E-state index in [0.717, 1.165) is 11.1 Å². The maximum Gasteiger partial charge on any atom is 0.238 e. The van der Waals surface area contributed by atoms with Crippen molar-refractivity contribution in [1.82, 2.24) is 15.0 Å². The Kier molecular flexibility index (Phi) is 3.52. The summed E-state index contributed by atoms with van der Waals surface area (Å²) in [7, 11) is 0. The van der Waals surface area contributed by atoms with Crippen LogP contribution in [0.3, 0.4) is 0 Å². The van der Waals surface area contributed by atoms with Crippen LogP contribution < -0.4 is 11.3 Å². The summed E-state index contributed by atoms with van der Waals surface area (Å²) in [5.74, 6) is 4.90. The highest BCUT2D eigenvalue weighted by molar-refractivity contribution is 5.78. The van der Waals surface area contributed by atoms with E-state index in [-0.39, 0.29) is 5.91 Å². The zero-order valence-electron chi connectivity index (χ0n) is 9.34. The van der Waals surface area contributed by atoms with E-state index in [2.05, 4.69) is 10.4 Å². The van der Waals surface area contributed by atoms with Crippen molar-refractivity contribution < 1.29 is 4.79 Å². The lowest BCUT2D eigenvalue weighted by Crippen LogP contribution is -2.31. The van der Waals surface area contributed by atoms with Crippen LogP contribution in [0.2, 0.25) is 0 Å². The maximum atomic E-state index is 11.3. The van der Waals surface area contributed by atoms with Crippen LogP contribution in [0.25, 0.3) is 0 Å². The predicted octanol–water partition coefficient (Wildman–Crippen LogP) is 0.464. The maximum absolute atomic E-state index is 11.3. The number of carbonyl (C=O) groups excluding carboxylic acids is 1. The minimum Gasteiger partial charge on any atom is -0.333 e. The molecule has 1 amide bonds. The second-order valence-corrected chi connectivity index (χ2v) is 3.75. The van der Waals surface area contributed by atoms with Crippen LogP contribution in [-0.4, -0.2) is 15.5 Å². The van der Waals surface area contributed by atoms with Crippen LogP contribution in [0, 0.1) is 0 Å². The fraction of sp³-hybridized carbons (Fsp3) is 0.167. The first kappa shape index (κ1) is 11.3. The lowest BCUT2D eigenvalue weighted by atomic mass is 10.0. The van der Waals surface area contributed by atoms with Crippen LogP contribution in [0.4, 0.5) is 0 Å². The Hall–Kier alpha value is -2.14. The zero-order chi connectivity index (χ0) is 12.1. The van der Waals surface area contributed by atoms with Gasteiger partial charge in [-0.2, -0.15) is 0 Å². The smallest absolute Gasteiger partial charge is 0.238 e. The summed E-state index contributed by atoms with van der Waals surface area (Å²) in [6.45, 7) is 0.702. The fourth-order valence-corrected chi connectivity index (χ4v) is 1.69. The topological polar surface area (TPSA) is 72.9 Å². The number of nitrogens with one attached hydrogen (secondary N) is 1. The number of hydrogen-bond donors (Lipinski definition) is 2. The Balaban J connectivity index is 2.18. The molecule has 0 aliphatic rings. The number of amides is 1. The van der Waals surface area contributed by atoms with Crippen molar-refractivity contribution in [2.24, 2.45) is 5.84 Å². The first-order chi connectivity index (χ1) is 8.29. The third kappa shape index (κ3) is 2.92. The lowest BCUT2D eigenvalue weighted by Gasteiger charge is -2.09. The van der Waals surface area contributed by atoms with Gasteiger partial charge in [-0.05, 0) is 11.1 Å². The third-order valence-electron chi connectivity index (χ3n) is 2.54. The van der Waals surface area contributed by atoms with Gasteiger partial charge >= 0.3 is 0 Å². The molecule has 0 radical (unpaired) electrons. The molecule has 0 aliphatic heterocycles. The van der Waals surface area contributed by atoms with E-state index < -0.39 is 0 Å². The summed E-state index contributed by atoms with van der Waals surface area (Å²) in [5, 5.41) is 0. The number of benzene rings is 1. The van der Waals surface area contributed by atoms with E-state index in [1.165, 1.54) is 0 Å². The normalized spacial score (nSPS) is 10.2. The molecule has 0 unspecified atom stereocenters. The summed E-state index contributed by atoms with van der Waals surface area (Å²) in [6.07, 6.45) is 5.66. The van der Waals surface area contributed by atoms with Crippen LogP contribution in [0.5, 0.6) is 0 Å². The van der Waals surface area contributed by atoms with Crippen molar-refractivity contribution >= 4 is 5.91 Å². The van der Waals surface area contributed by atoms with E-state index >= 15 is 0 Å². The van der Waals surface area contributed by atoms with Crippen molar-refractivity contribution in [3.8, 4) is 0 Å². The highest BCUT2D eigenvalue weighted by Gasteiger charge is 2.06. The molecule has 17 heavy (non-hydrogen) atoms. The lowest BCUT2D eigenvalue weighted by molar-refractivity contribution is -0.120. The van der Waals surface area contributed by atoms with Gasteiger partial charge in [0.25, 0.3) is 0 Å². The molecular weight excluding hydrogens is 216 g/mol. The average Bonchev–Trinajstić information content (AvgIpc) is 2.84. The number of hydrogen-bond acceptors (Lipinski definition) is 3. The molecule has 3 N–H and O–H groups in total. The predicted molar refractivity (Wildman–Crippen MR) is 63.8 cm³/mol. The Morgan fingerprint density at radius 3 is 2.76 bits per heavy atom. The zero-order valence-corrected chi connectivity index (χ0v) is 9.34. The molecule has 2 aromatic rings. The quantitative estimate of drug-likeness (QED) is 0.455. The summed E-state index contributed by atoms with van der Waals surface area (Å²) in [6, 6.07) is 7.80. The minimum atomic E-state index is -0.192. The number of nitrogens with zero attached hydrogens (tertiary/aromatic N) is 2. The van der Waals surface area contributed by atoms with E-state index in [0.29, 0.717) is 13.0 Å². The molecule has 0 saturated heterocycles. The first-order valence-electron chi connectivity index (χ1n) is 5.31. The number of imidazole rings is 1. The molecule has 0 saturated carbocycles. The SMILES string of the molecule is NNC(=O)Cc1ccccc1Cn1ccnc1. The molecule has 5 heteroatoms. The Morgan fingerprint density at radius 1 is 1.35 bits per heavy atom. The van der Waals surface area contributed by atoms with E-state index in [1.54, 1.807) is 12.5 Å². The number of carbonyl (C=O) groups is 1. The second-order valence-electron chi connectivity index (χ2n) is 3.75. The largest absolute Gasteiger partial charge is 0.333 e. The van der Waals surface area contributed by atoms with Crippen molar-refractivity contribution in [3.05, 3.63) is 54.1 Å². The molecule has 2 rings (SSSR count). The third-order valence-corrected chi connectivity index (χ3v) is 2.54. The molecule has 1 aromatic heterocycles. The highest BCUT2D eigenvalue weighted by Crippen LogP contribution is 2.11. The Labute approximate surface area is 99.2 Å². The molecule has 1 aromatic carbocycles. The van der Waals surface area contributed by atoms with Crippen LogP contribution in [0.1, 0.15) is 11.1 Å². The van der Waals surface area contributed by atoms with Gasteiger partial charge in [-0.3, -0.25) is 10.2 Å². The number of aromatic nitrogens is 2. The van der Waals surface area contributed by atoms with Crippen molar-refractivity contribution in [2.75, 3.05) is 0 Å². The molecule has 0 spiro atoms. The van der Waals surface area contributed by atoms with Gasteiger partial charge in [0.05, 0.1) is 12.7 Å². The molecule has 5 nitrogen and oxygen atoms in total.